The standard InChI is InChI=1S/C22H32N4O4/c1-14-16(20(28)23-8-10-27)5-6-18-17(14)13-25(24-18)12-15-7-9-26(21(29)30)19(11-15)22(2,3)4/h5-6,13,15,19,27H,7-12H2,1-4H3,(H,23,28)(H,29,30). The van der Waals surface area contributed by atoms with Gasteiger partial charge < -0.3 is 20.4 Å². The summed E-state index contributed by atoms with van der Waals surface area (Å²) in [5.74, 6) is 0.136. The first kappa shape index (κ1) is 22.1. The second kappa shape index (κ2) is 8.63. The Balaban J connectivity index is 1.78. The Hall–Kier alpha value is -2.61. The minimum Gasteiger partial charge on any atom is -0.465 e. The highest BCUT2D eigenvalue weighted by molar-refractivity contribution is 6.00. The van der Waals surface area contributed by atoms with Crippen molar-refractivity contribution in [3.8, 4) is 0 Å². The molecule has 30 heavy (non-hydrogen) atoms. The number of likely N-dealkylation sites (tertiary alicyclic amines) is 1. The molecule has 1 aliphatic heterocycles. The minimum absolute atomic E-state index is 0.0257. The summed E-state index contributed by atoms with van der Waals surface area (Å²) in [6.07, 6.45) is 2.74. The SMILES string of the molecule is Cc1c(C(=O)NCCO)ccc2nn(CC3CCN(C(=O)O)C(C(C)(C)C)C3)cc12. The van der Waals surface area contributed by atoms with Gasteiger partial charge in [0.25, 0.3) is 5.91 Å². The predicted octanol–water partition coefficient (Wildman–Crippen LogP) is 2.87. The van der Waals surface area contributed by atoms with Gasteiger partial charge in [0, 0.05) is 42.8 Å². The van der Waals surface area contributed by atoms with Gasteiger partial charge in [0.2, 0.25) is 0 Å². The third-order valence-electron chi connectivity index (χ3n) is 6.05. The van der Waals surface area contributed by atoms with Crippen LogP contribution in [0.2, 0.25) is 0 Å². The molecule has 3 N–H and O–H groups in total. The molecule has 1 aliphatic rings. The van der Waals surface area contributed by atoms with Gasteiger partial charge in [-0.1, -0.05) is 20.8 Å². The highest BCUT2D eigenvalue weighted by Gasteiger charge is 2.38. The van der Waals surface area contributed by atoms with Gasteiger partial charge in [-0.2, -0.15) is 5.10 Å². The Kier molecular flexibility index (Phi) is 6.36. The van der Waals surface area contributed by atoms with Gasteiger partial charge in [0.1, 0.15) is 0 Å². The molecule has 0 radical (unpaired) electrons. The third kappa shape index (κ3) is 4.59. The van der Waals surface area contributed by atoms with E-state index in [1.807, 2.05) is 23.9 Å². The quantitative estimate of drug-likeness (QED) is 0.695. The maximum atomic E-state index is 12.3. The van der Waals surface area contributed by atoms with Crippen molar-refractivity contribution in [3.05, 3.63) is 29.5 Å². The monoisotopic (exact) mass is 416 g/mol. The lowest BCUT2D eigenvalue weighted by Crippen LogP contribution is -2.52. The van der Waals surface area contributed by atoms with Crippen LogP contribution in [-0.2, 0) is 6.54 Å². The number of aromatic nitrogens is 2. The van der Waals surface area contributed by atoms with Crippen molar-refractivity contribution < 1.29 is 19.8 Å². The van der Waals surface area contributed by atoms with E-state index < -0.39 is 6.09 Å². The van der Waals surface area contributed by atoms with Crippen LogP contribution in [0.25, 0.3) is 10.9 Å². The van der Waals surface area contributed by atoms with E-state index in [1.54, 1.807) is 11.0 Å². The van der Waals surface area contributed by atoms with Gasteiger partial charge in [0.15, 0.2) is 0 Å². The maximum Gasteiger partial charge on any atom is 0.407 e. The summed E-state index contributed by atoms with van der Waals surface area (Å²) in [7, 11) is 0. The number of aliphatic hydroxyl groups is 1. The lowest BCUT2D eigenvalue weighted by atomic mass is 9.77. The van der Waals surface area contributed by atoms with Gasteiger partial charge in [-0.15, -0.1) is 0 Å². The van der Waals surface area contributed by atoms with Gasteiger partial charge in [0.05, 0.1) is 12.1 Å². The fraction of sp³-hybridized carbons (Fsp3) is 0.591. The smallest absolute Gasteiger partial charge is 0.407 e. The Morgan fingerprint density at radius 2 is 2.03 bits per heavy atom. The van der Waals surface area contributed by atoms with Crippen LogP contribution < -0.4 is 5.32 Å². The molecule has 8 heteroatoms. The summed E-state index contributed by atoms with van der Waals surface area (Å²) in [6, 6.07) is 3.59. The number of nitrogens with one attached hydrogen (secondary N) is 1. The molecule has 1 saturated heterocycles. The summed E-state index contributed by atoms with van der Waals surface area (Å²) in [5.41, 5.74) is 2.15. The zero-order valence-electron chi connectivity index (χ0n) is 18.2. The van der Waals surface area contributed by atoms with E-state index in [-0.39, 0.29) is 30.5 Å². The van der Waals surface area contributed by atoms with Gasteiger partial charge in [-0.3, -0.25) is 9.48 Å². The molecular formula is C22H32N4O4. The van der Waals surface area contributed by atoms with E-state index in [2.05, 4.69) is 31.2 Å². The molecule has 2 heterocycles. The molecule has 1 aromatic heterocycles. The van der Waals surface area contributed by atoms with E-state index in [0.717, 1.165) is 35.9 Å². The molecule has 0 saturated carbocycles. The van der Waals surface area contributed by atoms with Crippen LogP contribution in [0.4, 0.5) is 4.79 Å². The van der Waals surface area contributed by atoms with E-state index in [0.29, 0.717) is 18.0 Å². The number of nitrogens with zero attached hydrogens (tertiary/aromatic N) is 3. The molecule has 164 valence electrons. The maximum absolute atomic E-state index is 12.3. The predicted molar refractivity (Wildman–Crippen MR) is 115 cm³/mol. The van der Waals surface area contributed by atoms with Crippen molar-refractivity contribution in [1.82, 2.24) is 20.0 Å². The molecule has 0 spiro atoms. The van der Waals surface area contributed by atoms with Crippen molar-refractivity contribution in [2.24, 2.45) is 11.3 Å². The largest absolute Gasteiger partial charge is 0.465 e. The van der Waals surface area contributed by atoms with Crippen LogP contribution in [-0.4, -0.2) is 62.6 Å². The topological polar surface area (TPSA) is 108 Å². The number of benzene rings is 1. The first-order chi connectivity index (χ1) is 14.1. The second-order valence-corrected chi connectivity index (χ2v) is 9.25. The average molecular weight is 417 g/mol. The summed E-state index contributed by atoms with van der Waals surface area (Å²) in [6.45, 7) is 9.56. The molecule has 1 aromatic carbocycles. The molecule has 2 amide bonds. The number of carbonyl (C=O) groups is 2. The highest BCUT2D eigenvalue weighted by Crippen LogP contribution is 2.35. The minimum atomic E-state index is -0.846. The number of hydrogen-bond donors (Lipinski definition) is 3. The second-order valence-electron chi connectivity index (χ2n) is 9.25. The van der Waals surface area contributed by atoms with Crippen LogP contribution >= 0.6 is 0 Å². The van der Waals surface area contributed by atoms with Gasteiger partial charge in [-0.25, -0.2) is 4.79 Å². The summed E-state index contributed by atoms with van der Waals surface area (Å²) < 4.78 is 1.92. The van der Waals surface area contributed by atoms with Crippen LogP contribution in [0.1, 0.15) is 49.5 Å². The summed E-state index contributed by atoms with van der Waals surface area (Å²) >= 11 is 0. The fourth-order valence-corrected chi connectivity index (χ4v) is 4.40. The van der Waals surface area contributed by atoms with E-state index >= 15 is 0 Å². The summed E-state index contributed by atoms with van der Waals surface area (Å²) in [4.78, 5) is 25.5. The number of piperidine rings is 1. The number of aryl methyl sites for hydroxylation is 1. The fourth-order valence-electron chi connectivity index (χ4n) is 4.40. The number of amides is 2. The van der Waals surface area contributed by atoms with Crippen molar-refractivity contribution in [3.63, 3.8) is 0 Å². The zero-order valence-corrected chi connectivity index (χ0v) is 18.2. The van der Waals surface area contributed by atoms with Crippen molar-refractivity contribution in [1.29, 1.82) is 0 Å². The third-order valence-corrected chi connectivity index (χ3v) is 6.05. The number of carboxylic acid groups (broad SMARTS) is 1. The van der Waals surface area contributed by atoms with Gasteiger partial charge >= 0.3 is 6.09 Å². The van der Waals surface area contributed by atoms with E-state index in [4.69, 9.17) is 5.11 Å². The van der Waals surface area contributed by atoms with Crippen molar-refractivity contribution in [2.75, 3.05) is 19.7 Å². The number of aliphatic hydroxyl groups excluding tert-OH is 1. The molecular weight excluding hydrogens is 384 g/mol. The molecule has 3 rings (SSSR count). The molecule has 2 aromatic rings. The average Bonchev–Trinajstić information content (AvgIpc) is 3.09. The van der Waals surface area contributed by atoms with E-state index in [9.17, 15) is 14.7 Å². The van der Waals surface area contributed by atoms with Crippen molar-refractivity contribution in [2.45, 2.75) is 53.1 Å². The van der Waals surface area contributed by atoms with Crippen LogP contribution in [0.5, 0.6) is 0 Å². The zero-order chi connectivity index (χ0) is 22.1. The lowest BCUT2D eigenvalue weighted by molar-refractivity contribution is 0.0367. The molecule has 0 bridgehead atoms. The Morgan fingerprint density at radius 3 is 2.67 bits per heavy atom. The van der Waals surface area contributed by atoms with E-state index in [1.165, 1.54) is 0 Å². The normalized spacial score (nSPS) is 19.8. The first-order valence-corrected chi connectivity index (χ1v) is 10.5. The Morgan fingerprint density at radius 1 is 1.30 bits per heavy atom. The van der Waals surface area contributed by atoms with Crippen LogP contribution in [0.3, 0.4) is 0 Å². The van der Waals surface area contributed by atoms with Crippen LogP contribution in [0, 0.1) is 18.3 Å². The Labute approximate surface area is 176 Å². The molecule has 2 unspecified atom stereocenters. The molecule has 8 nitrogen and oxygen atoms in total. The number of hydrogen-bond acceptors (Lipinski definition) is 4. The molecule has 1 fully saturated rings. The number of carbonyl (C=O) groups excluding carboxylic acids is 1. The van der Waals surface area contributed by atoms with Crippen molar-refractivity contribution >= 4 is 22.9 Å². The number of fused-ring (bicyclic) bond motifs is 1. The highest BCUT2D eigenvalue weighted by atomic mass is 16.4. The Bertz CT molecular complexity index is 931. The summed E-state index contributed by atoms with van der Waals surface area (Å²) in [5, 5.41) is 26.8. The number of rotatable bonds is 5. The molecule has 2 atom stereocenters. The lowest BCUT2D eigenvalue weighted by Gasteiger charge is -2.44. The first-order valence-electron chi connectivity index (χ1n) is 10.5. The van der Waals surface area contributed by atoms with Gasteiger partial charge in [-0.05, 0) is 48.8 Å². The van der Waals surface area contributed by atoms with Crippen LogP contribution in [0.15, 0.2) is 18.3 Å². The molecule has 0 aliphatic carbocycles.